The van der Waals surface area contributed by atoms with Crippen LogP contribution in [-0.2, 0) is 30.0 Å². The number of hydrogen-bond donors (Lipinski definition) is 0. The minimum Gasteiger partial charge on any atom is -0.482 e. The van der Waals surface area contributed by atoms with Crippen LogP contribution < -0.4 is 4.74 Å². The van der Waals surface area contributed by atoms with Crippen LogP contribution in [0.1, 0.15) is 28.8 Å². The molecule has 7 rings (SSSR count). The predicted octanol–water partition coefficient (Wildman–Crippen LogP) is 4.93. The van der Waals surface area contributed by atoms with E-state index in [9.17, 15) is 31.2 Å². The van der Waals surface area contributed by atoms with Gasteiger partial charge in [0.1, 0.15) is 18.0 Å². The molecule has 2 aromatic rings. The lowest BCUT2D eigenvalue weighted by atomic mass is 9.90. The largest absolute Gasteiger partial charge is 0.482 e. The van der Waals surface area contributed by atoms with Crippen LogP contribution in [0.25, 0.3) is 0 Å². The highest BCUT2D eigenvalue weighted by molar-refractivity contribution is 8.16. The number of carbonyl (C=O) groups excluding carboxylic acids is 2. The highest BCUT2D eigenvalue weighted by Crippen LogP contribution is 2.55. The Labute approximate surface area is 236 Å². The number of Topliss-reactive ketones (excluding diaryl/α,β-unsaturated/α-hetero) is 1. The van der Waals surface area contributed by atoms with Gasteiger partial charge in [-0.25, -0.2) is 4.79 Å². The Morgan fingerprint density at radius 3 is 2.61 bits per heavy atom. The molecular weight excluding hydrogens is 581 g/mol. The van der Waals surface area contributed by atoms with Crippen molar-refractivity contribution in [1.82, 2.24) is 0 Å². The number of ether oxygens (including phenoxy) is 2. The summed E-state index contributed by atoms with van der Waals surface area (Å²) in [5, 5.41) is -0.502. The van der Waals surface area contributed by atoms with Crippen LogP contribution in [0.5, 0.6) is 5.75 Å². The van der Waals surface area contributed by atoms with E-state index in [1.807, 2.05) is 6.08 Å². The topological polar surface area (TPSA) is 96.0 Å². The first-order chi connectivity index (χ1) is 19.5. The van der Waals surface area contributed by atoms with Crippen LogP contribution in [-0.4, -0.2) is 49.1 Å². The van der Waals surface area contributed by atoms with E-state index < -0.39 is 61.7 Å². The van der Waals surface area contributed by atoms with Crippen LogP contribution in [0.2, 0.25) is 0 Å². The number of halogens is 3. The molecule has 7 atom stereocenters. The second-order valence-electron chi connectivity index (χ2n) is 10.7. The monoisotopic (exact) mass is 604 g/mol. The van der Waals surface area contributed by atoms with E-state index in [1.54, 1.807) is 42.5 Å². The third-order valence-corrected chi connectivity index (χ3v) is 12.6. The lowest BCUT2D eigenvalue weighted by Crippen LogP contribution is -2.38. The quantitative estimate of drug-likeness (QED) is 0.271. The first-order valence-corrected chi connectivity index (χ1v) is 15.8. The van der Waals surface area contributed by atoms with E-state index in [1.165, 1.54) is 6.07 Å². The summed E-state index contributed by atoms with van der Waals surface area (Å²) in [6.45, 7) is -0.383. The van der Waals surface area contributed by atoms with E-state index in [-0.39, 0.29) is 29.8 Å². The van der Waals surface area contributed by atoms with Gasteiger partial charge >= 0.3 is 12.1 Å². The number of benzene rings is 2. The van der Waals surface area contributed by atoms with E-state index in [0.29, 0.717) is 23.5 Å². The van der Waals surface area contributed by atoms with Gasteiger partial charge in [0.25, 0.3) is 10.1 Å². The first-order valence-electron chi connectivity index (χ1n) is 13.1. The molecule has 7 nitrogen and oxygen atoms in total. The van der Waals surface area contributed by atoms with Gasteiger partial charge in [0.05, 0.1) is 16.7 Å². The molecule has 1 saturated heterocycles. The summed E-state index contributed by atoms with van der Waals surface area (Å²) in [6.07, 6.45) is 2.35. The molecule has 0 amide bonds. The molecule has 41 heavy (non-hydrogen) atoms. The standard InChI is InChI=1S/C29H23F3O7S2/c30-29(31,32)16-5-10-23-20(13-16)26(34)19-3-1-2-4-22(19)40(23)18-8-6-17(7-9-18)37-14-25(33)38-27-15-11-21-24(12-15)41(35,36)39-28(21)27/h1-10,13,15,19,21,24,27-28H,11-12,14H2. The Morgan fingerprint density at radius 1 is 1.07 bits per heavy atom. The smallest absolute Gasteiger partial charge is 0.416 e. The van der Waals surface area contributed by atoms with Crippen molar-refractivity contribution in [3.05, 3.63) is 77.9 Å². The van der Waals surface area contributed by atoms with Gasteiger partial charge in [-0.1, -0.05) is 24.3 Å². The molecule has 12 heteroatoms. The molecule has 2 saturated carbocycles. The molecule has 0 spiro atoms. The summed E-state index contributed by atoms with van der Waals surface area (Å²) in [5.74, 6) is -1.44. The second kappa shape index (κ2) is 9.40. The van der Waals surface area contributed by atoms with Gasteiger partial charge < -0.3 is 9.47 Å². The Balaban J connectivity index is 1.09. The molecule has 7 unspecified atom stereocenters. The lowest BCUT2D eigenvalue weighted by Gasteiger charge is -2.29. The molecule has 2 aromatic carbocycles. The van der Waals surface area contributed by atoms with Gasteiger partial charge in [-0.05, 0) is 60.2 Å². The molecule has 0 N–H and O–H groups in total. The summed E-state index contributed by atoms with van der Waals surface area (Å²) in [5.41, 5.74) is -0.806. The maximum atomic E-state index is 13.4. The number of carbonyl (C=O) groups is 2. The summed E-state index contributed by atoms with van der Waals surface area (Å²) >= 11 is 0. The number of hydrogen-bond acceptors (Lipinski definition) is 7. The van der Waals surface area contributed by atoms with Crippen LogP contribution >= 0.6 is 10.5 Å². The Morgan fingerprint density at radius 2 is 1.85 bits per heavy atom. The number of alkyl halides is 3. The minimum absolute atomic E-state index is 0.0426. The average Bonchev–Trinajstić information content (AvgIpc) is 3.57. The van der Waals surface area contributed by atoms with Crippen LogP contribution in [0, 0.1) is 17.8 Å². The Kier molecular flexibility index (Phi) is 6.11. The van der Waals surface area contributed by atoms with E-state index in [0.717, 1.165) is 21.9 Å². The fraction of sp³-hybridized carbons (Fsp3) is 0.345. The van der Waals surface area contributed by atoms with Gasteiger partial charge in [-0.3, -0.25) is 8.98 Å². The van der Waals surface area contributed by atoms with Crippen molar-refractivity contribution in [3.8, 4) is 5.75 Å². The van der Waals surface area contributed by atoms with Crippen molar-refractivity contribution < 1.29 is 44.8 Å². The van der Waals surface area contributed by atoms with Gasteiger partial charge in [0.2, 0.25) is 0 Å². The van der Waals surface area contributed by atoms with Gasteiger partial charge in [-0.15, -0.1) is 10.5 Å². The molecule has 2 bridgehead atoms. The van der Waals surface area contributed by atoms with Crippen LogP contribution in [0.3, 0.4) is 0 Å². The van der Waals surface area contributed by atoms with E-state index in [2.05, 4.69) is 0 Å². The zero-order valence-electron chi connectivity index (χ0n) is 21.2. The zero-order chi connectivity index (χ0) is 28.7. The minimum atomic E-state index is -4.57. The van der Waals surface area contributed by atoms with Gasteiger partial charge in [-0.2, -0.15) is 21.6 Å². The summed E-state index contributed by atoms with van der Waals surface area (Å²) in [4.78, 5) is 27.8. The number of rotatable bonds is 5. The number of ketones is 1. The molecule has 214 valence electrons. The summed E-state index contributed by atoms with van der Waals surface area (Å²) < 4.78 is 80.9. The van der Waals surface area contributed by atoms with E-state index >= 15 is 0 Å². The van der Waals surface area contributed by atoms with Gasteiger partial charge in [0, 0.05) is 27.2 Å². The molecule has 5 aliphatic rings. The summed E-state index contributed by atoms with van der Waals surface area (Å²) in [7, 11) is -4.42. The SMILES string of the molecule is O=C(COc1ccc(S2=C3C=CC=CC3C(=O)c3cc(C(F)(F)F)ccc32)cc1)OC1C2CC3C1OS(=O)(=O)C3C2. The van der Waals surface area contributed by atoms with E-state index in [4.69, 9.17) is 13.7 Å². The van der Waals surface area contributed by atoms with Gasteiger partial charge in [0.15, 0.2) is 12.4 Å². The fourth-order valence-electron chi connectivity index (χ4n) is 6.61. The van der Waals surface area contributed by atoms with Crippen LogP contribution in [0.15, 0.2) is 76.6 Å². The maximum Gasteiger partial charge on any atom is 0.416 e. The Hall–Kier alpha value is -3.22. The molecule has 3 aliphatic carbocycles. The van der Waals surface area contributed by atoms with Crippen molar-refractivity contribution in [3.63, 3.8) is 0 Å². The molecular formula is C29H23F3O7S2. The normalized spacial score (nSPS) is 32.1. The number of esters is 1. The molecule has 2 heterocycles. The average molecular weight is 605 g/mol. The van der Waals surface area contributed by atoms with Crippen molar-refractivity contribution in [2.75, 3.05) is 6.61 Å². The third kappa shape index (κ3) is 4.38. The first kappa shape index (κ1) is 26.7. The molecule has 0 radical (unpaired) electrons. The van der Waals surface area contributed by atoms with Crippen molar-refractivity contribution in [1.29, 1.82) is 0 Å². The molecule has 0 aromatic heterocycles. The van der Waals surface area contributed by atoms with Crippen molar-refractivity contribution in [2.45, 2.75) is 46.3 Å². The third-order valence-electron chi connectivity index (χ3n) is 8.39. The second-order valence-corrected chi connectivity index (χ2v) is 14.5. The molecule has 3 fully saturated rings. The highest BCUT2D eigenvalue weighted by atomic mass is 32.2. The van der Waals surface area contributed by atoms with Crippen LogP contribution in [0.4, 0.5) is 13.2 Å². The maximum absolute atomic E-state index is 13.4. The Bertz CT molecular complexity index is 1670. The highest BCUT2D eigenvalue weighted by Gasteiger charge is 2.65. The predicted molar refractivity (Wildman–Crippen MR) is 142 cm³/mol. The zero-order valence-corrected chi connectivity index (χ0v) is 22.9. The lowest BCUT2D eigenvalue weighted by molar-refractivity contribution is -0.158. The van der Waals surface area contributed by atoms with Crippen molar-refractivity contribution >= 4 is 37.2 Å². The number of fused-ring (bicyclic) bond motifs is 3. The summed E-state index contributed by atoms with van der Waals surface area (Å²) in [6, 6.07) is 10.2. The van der Waals surface area contributed by atoms with Crippen molar-refractivity contribution in [2.24, 2.45) is 17.8 Å². The molecule has 2 aliphatic heterocycles. The number of allylic oxidation sites excluding steroid dienone is 4. The fourth-order valence-corrected chi connectivity index (χ4v) is 10.9.